The van der Waals surface area contributed by atoms with Crippen LogP contribution in [0.3, 0.4) is 0 Å². The van der Waals surface area contributed by atoms with Crippen LogP contribution in [0.4, 0.5) is 11.5 Å². The van der Waals surface area contributed by atoms with Crippen molar-refractivity contribution in [3.8, 4) is 5.75 Å². The van der Waals surface area contributed by atoms with Crippen molar-refractivity contribution in [2.75, 3.05) is 28.3 Å². The minimum Gasteiger partial charge on any atom is -0.476 e. The van der Waals surface area contributed by atoms with E-state index in [1.165, 1.54) is 11.8 Å². The third-order valence-electron chi connectivity index (χ3n) is 5.11. The number of ether oxygens (including phenoxy) is 1. The monoisotopic (exact) mass is 418 g/mol. The fourth-order valence-corrected chi connectivity index (χ4v) is 5.42. The number of benzene rings is 1. The zero-order valence-corrected chi connectivity index (χ0v) is 17.0. The van der Waals surface area contributed by atoms with E-state index in [2.05, 4.69) is 10.4 Å². The average Bonchev–Trinajstić information content (AvgIpc) is 3.21. The smallest absolute Gasteiger partial charge is 0.268 e. The summed E-state index contributed by atoms with van der Waals surface area (Å²) in [7, 11) is -3.09. The van der Waals surface area contributed by atoms with E-state index in [9.17, 15) is 18.0 Å². The largest absolute Gasteiger partial charge is 0.476 e. The number of para-hydroxylation sites is 2. The number of anilines is 2. The van der Waals surface area contributed by atoms with Crippen molar-refractivity contribution in [2.24, 2.45) is 0 Å². The Morgan fingerprint density at radius 2 is 2.03 bits per heavy atom. The van der Waals surface area contributed by atoms with Crippen molar-refractivity contribution >= 4 is 33.2 Å². The van der Waals surface area contributed by atoms with Crippen molar-refractivity contribution in [1.82, 2.24) is 9.78 Å². The van der Waals surface area contributed by atoms with Gasteiger partial charge in [0.15, 0.2) is 15.9 Å². The summed E-state index contributed by atoms with van der Waals surface area (Å²) in [5, 5.41) is 7.17. The number of nitrogens with one attached hydrogen (secondary N) is 1. The van der Waals surface area contributed by atoms with Gasteiger partial charge in [-0.2, -0.15) is 5.10 Å². The van der Waals surface area contributed by atoms with Crippen molar-refractivity contribution in [3.63, 3.8) is 0 Å². The molecule has 10 heteroatoms. The number of fused-ring (bicyclic) bond motifs is 1. The second kappa shape index (κ2) is 7.18. The van der Waals surface area contributed by atoms with Crippen molar-refractivity contribution in [1.29, 1.82) is 0 Å². The minimum atomic E-state index is -3.09. The molecule has 1 saturated heterocycles. The zero-order chi connectivity index (χ0) is 20.8. The van der Waals surface area contributed by atoms with Gasteiger partial charge < -0.3 is 15.0 Å². The van der Waals surface area contributed by atoms with Gasteiger partial charge in [-0.05, 0) is 25.5 Å². The molecule has 3 heterocycles. The first-order valence-electron chi connectivity index (χ1n) is 9.35. The lowest BCUT2D eigenvalue weighted by Crippen LogP contribution is -2.48. The van der Waals surface area contributed by atoms with Crippen LogP contribution in [0.25, 0.3) is 0 Å². The molecular weight excluding hydrogens is 396 g/mol. The Bertz CT molecular complexity index is 1080. The molecule has 29 heavy (non-hydrogen) atoms. The first-order chi connectivity index (χ1) is 13.7. The molecule has 1 aromatic heterocycles. The molecule has 1 fully saturated rings. The van der Waals surface area contributed by atoms with E-state index in [1.807, 2.05) is 0 Å². The molecule has 4 rings (SSSR count). The Balaban J connectivity index is 1.56. The van der Waals surface area contributed by atoms with E-state index < -0.39 is 21.8 Å². The number of rotatable bonds is 3. The highest BCUT2D eigenvalue weighted by Crippen LogP contribution is 2.33. The van der Waals surface area contributed by atoms with Crippen LogP contribution >= 0.6 is 0 Å². The highest BCUT2D eigenvalue weighted by Gasteiger charge is 2.35. The van der Waals surface area contributed by atoms with Gasteiger partial charge in [0.2, 0.25) is 5.91 Å². The van der Waals surface area contributed by atoms with E-state index in [-0.39, 0.29) is 30.0 Å². The molecule has 0 radical (unpaired) electrons. The number of amides is 2. The average molecular weight is 418 g/mol. The molecular formula is C19H22N4O5S. The first-order valence-corrected chi connectivity index (χ1v) is 11.2. The third-order valence-corrected chi connectivity index (χ3v) is 6.86. The lowest BCUT2D eigenvalue weighted by molar-refractivity contribution is -0.123. The molecule has 0 bridgehead atoms. The predicted octanol–water partition coefficient (Wildman–Crippen LogP) is 1.30. The Morgan fingerprint density at radius 1 is 1.28 bits per heavy atom. The molecule has 1 aromatic carbocycles. The van der Waals surface area contributed by atoms with Crippen LogP contribution in [-0.2, 0) is 19.4 Å². The molecule has 2 aliphatic rings. The van der Waals surface area contributed by atoms with Gasteiger partial charge in [-0.25, -0.2) is 13.1 Å². The minimum absolute atomic E-state index is 0.00239. The Morgan fingerprint density at radius 3 is 2.72 bits per heavy atom. The van der Waals surface area contributed by atoms with E-state index >= 15 is 0 Å². The maximum atomic E-state index is 12.9. The molecule has 2 aromatic rings. The van der Waals surface area contributed by atoms with Gasteiger partial charge in [0, 0.05) is 13.0 Å². The van der Waals surface area contributed by atoms with Gasteiger partial charge in [0.05, 0.1) is 35.5 Å². The van der Waals surface area contributed by atoms with Crippen LogP contribution in [0, 0.1) is 6.92 Å². The first kappa shape index (κ1) is 19.4. The number of hydrogen-bond acceptors (Lipinski definition) is 6. The highest BCUT2D eigenvalue weighted by atomic mass is 32.2. The second-order valence-corrected chi connectivity index (χ2v) is 9.59. The second-order valence-electron chi connectivity index (χ2n) is 7.37. The van der Waals surface area contributed by atoms with E-state index in [1.54, 1.807) is 41.9 Å². The van der Waals surface area contributed by atoms with E-state index in [0.717, 1.165) is 0 Å². The van der Waals surface area contributed by atoms with Crippen molar-refractivity contribution in [2.45, 2.75) is 32.4 Å². The molecule has 0 saturated carbocycles. The standard InChI is InChI=1S/C19H22N4O5S/c1-12-9-18(23(21-12)14-7-8-29(26,27)11-14)20-19(25)17-10-22(13(2)24)15-5-3-4-6-16(15)28-17/h3-6,9,14,17H,7-8,10-11H2,1-2H3,(H,20,25)/t14-,17+/m1/s1. The Labute approximate surface area is 168 Å². The summed E-state index contributed by atoms with van der Waals surface area (Å²) in [6.45, 7) is 3.31. The molecule has 9 nitrogen and oxygen atoms in total. The molecule has 2 atom stereocenters. The number of carbonyl (C=O) groups is 2. The van der Waals surface area contributed by atoms with E-state index in [0.29, 0.717) is 29.4 Å². The normalized spacial score (nSPS) is 22.6. The van der Waals surface area contributed by atoms with Gasteiger partial charge in [0.25, 0.3) is 5.91 Å². The molecule has 1 N–H and O–H groups in total. The summed E-state index contributed by atoms with van der Waals surface area (Å²) < 4.78 is 31.1. The predicted molar refractivity (Wildman–Crippen MR) is 107 cm³/mol. The summed E-state index contributed by atoms with van der Waals surface area (Å²) in [5.74, 6) is 0.387. The van der Waals surface area contributed by atoms with Gasteiger partial charge in [-0.1, -0.05) is 12.1 Å². The molecule has 154 valence electrons. The maximum Gasteiger partial charge on any atom is 0.268 e. The van der Waals surface area contributed by atoms with Crippen molar-refractivity contribution < 1.29 is 22.7 Å². The number of nitrogens with zero attached hydrogens (tertiary/aromatic N) is 3. The molecule has 0 spiro atoms. The van der Waals surface area contributed by atoms with Crippen LogP contribution in [0.1, 0.15) is 25.1 Å². The van der Waals surface area contributed by atoms with Crippen LogP contribution in [0.2, 0.25) is 0 Å². The van der Waals surface area contributed by atoms with Gasteiger partial charge in [-0.3, -0.25) is 9.59 Å². The third kappa shape index (κ3) is 3.84. The lowest BCUT2D eigenvalue weighted by atomic mass is 10.1. The molecule has 2 aliphatic heterocycles. The fourth-order valence-electron chi connectivity index (χ4n) is 3.73. The number of sulfone groups is 1. The van der Waals surface area contributed by atoms with Crippen LogP contribution in [0.15, 0.2) is 30.3 Å². The van der Waals surface area contributed by atoms with Gasteiger partial charge >= 0.3 is 0 Å². The summed E-state index contributed by atoms with van der Waals surface area (Å²) in [5.41, 5.74) is 1.30. The zero-order valence-electron chi connectivity index (χ0n) is 16.2. The van der Waals surface area contributed by atoms with Gasteiger partial charge in [-0.15, -0.1) is 0 Å². The van der Waals surface area contributed by atoms with Crippen LogP contribution in [0.5, 0.6) is 5.75 Å². The molecule has 0 unspecified atom stereocenters. The lowest BCUT2D eigenvalue weighted by Gasteiger charge is -2.33. The summed E-state index contributed by atoms with van der Waals surface area (Å²) >= 11 is 0. The van der Waals surface area contributed by atoms with Crippen LogP contribution in [-0.4, -0.2) is 54.2 Å². The summed E-state index contributed by atoms with van der Waals surface area (Å²) in [4.78, 5) is 26.5. The molecule has 0 aliphatic carbocycles. The number of aryl methyl sites for hydroxylation is 1. The Kier molecular flexibility index (Phi) is 4.81. The van der Waals surface area contributed by atoms with Gasteiger partial charge in [0.1, 0.15) is 11.6 Å². The van der Waals surface area contributed by atoms with E-state index in [4.69, 9.17) is 4.74 Å². The number of aromatic nitrogens is 2. The summed E-state index contributed by atoms with van der Waals surface area (Å²) in [6, 6.07) is 8.44. The fraction of sp³-hybridized carbons (Fsp3) is 0.421. The summed E-state index contributed by atoms with van der Waals surface area (Å²) in [6.07, 6.45) is -0.442. The highest BCUT2D eigenvalue weighted by molar-refractivity contribution is 7.91. The quantitative estimate of drug-likeness (QED) is 0.805. The van der Waals surface area contributed by atoms with Crippen LogP contribution < -0.4 is 15.0 Å². The number of hydrogen-bond donors (Lipinski definition) is 1. The topological polar surface area (TPSA) is 111 Å². The van der Waals surface area contributed by atoms with Crippen molar-refractivity contribution in [3.05, 3.63) is 36.0 Å². The maximum absolute atomic E-state index is 12.9. The SMILES string of the molecule is CC(=O)N1C[C@@H](C(=O)Nc2cc(C)nn2[C@@H]2CCS(=O)(=O)C2)Oc2ccccc21. The number of carbonyl (C=O) groups excluding carboxylic acids is 2. The molecule has 2 amide bonds. The Hall–Kier alpha value is -2.88.